The number of nitrogens with one attached hydrogen (secondary N) is 2. The first kappa shape index (κ1) is 20.8. The highest BCUT2D eigenvalue weighted by Crippen LogP contribution is 2.35. The van der Waals surface area contributed by atoms with Crippen molar-refractivity contribution in [1.82, 2.24) is 15.5 Å². The fourth-order valence-electron chi connectivity index (χ4n) is 3.69. The second-order valence-electron chi connectivity index (χ2n) is 6.98. The molecular formula is C22H26N4O2S. The normalized spacial score (nSPS) is 16.8. The van der Waals surface area contributed by atoms with Crippen molar-refractivity contribution < 1.29 is 9.59 Å². The van der Waals surface area contributed by atoms with Gasteiger partial charge in [-0.3, -0.25) is 14.9 Å². The van der Waals surface area contributed by atoms with Crippen LogP contribution in [0, 0.1) is 0 Å². The predicted molar refractivity (Wildman–Crippen MR) is 120 cm³/mol. The second kappa shape index (κ2) is 8.63. The molecule has 4 N–H and O–H groups in total. The van der Waals surface area contributed by atoms with Gasteiger partial charge in [-0.2, -0.15) is 0 Å². The number of anilines is 1. The predicted octanol–water partition coefficient (Wildman–Crippen LogP) is 3.05. The van der Waals surface area contributed by atoms with Crippen LogP contribution in [0.5, 0.6) is 0 Å². The van der Waals surface area contributed by atoms with Crippen molar-refractivity contribution in [3.63, 3.8) is 0 Å². The molecule has 2 aromatic rings. The number of hydrogen-bond donors (Lipinski definition) is 3. The van der Waals surface area contributed by atoms with Crippen molar-refractivity contribution in [2.24, 2.45) is 0 Å². The van der Waals surface area contributed by atoms with Gasteiger partial charge in [0.05, 0.1) is 16.2 Å². The number of carbonyl (C=O) groups is 2. The standard InChI is InChI=1S/C22H26N4O2S/c1-4-15(14-27)17(5-2)25-22(24-3)10-12-26(13-11-22)21(28)19-16-8-6-7-9-18(16)29-20(19)23/h4-9,14,24-25H,1-2,10-13,23H2,3H3/b17-15-. The number of fused-ring (bicyclic) bond motifs is 1. The quantitative estimate of drug-likeness (QED) is 0.283. The number of hydrogen-bond acceptors (Lipinski definition) is 6. The van der Waals surface area contributed by atoms with Gasteiger partial charge < -0.3 is 16.0 Å². The molecule has 6 nitrogen and oxygen atoms in total. The molecule has 0 bridgehead atoms. The minimum absolute atomic E-state index is 0.0381. The number of thiophene rings is 1. The molecule has 1 aliphatic heterocycles. The summed E-state index contributed by atoms with van der Waals surface area (Å²) in [4.78, 5) is 26.3. The molecule has 152 valence electrons. The molecule has 3 rings (SSSR count). The third-order valence-electron chi connectivity index (χ3n) is 5.46. The fourth-order valence-corrected chi connectivity index (χ4v) is 4.66. The van der Waals surface area contributed by atoms with Gasteiger partial charge in [0.15, 0.2) is 6.29 Å². The topological polar surface area (TPSA) is 87.5 Å². The van der Waals surface area contributed by atoms with Crippen LogP contribution < -0.4 is 16.4 Å². The number of piperidine rings is 1. The van der Waals surface area contributed by atoms with Gasteiger partial charge in [-0.1, -0.05) is 37.4 Å². The maximum Gasteiger partial charge on any atom is 0.257 e. The Hall–Kier alpha value is -2.90. The summed E-state index contributed by atoms with van der Waals surface area (Å²) in [6.45, 7) is 8.59. The minimum Gasteiger partial charge on any atom is -0.390 e. The molecule has 1 aromatic carbocycles. The highest BCUT2D eigenvalue weighted by molar-refractivity contribution is 7.23. The Balaban J connectivity index is 1.79. The van der Waals surface area contributed by atoms with Gasteiger partial charge in [-0.25, -0.2) is 0 Å². The monoisotopic (exact) mass is 410 g/mol. The maximum absolute atomic E-state index is 13.2. The molecule has 29 heavy (non-hydrogen) atoms. The molecule has 1 fully saturated rings. The van der Waals surface area contributed by atoms with Crippen molar-refractivity contribution in [3.05, 3.63) is 66.4 Å². The van der Waals surface area contributed by atoms with Crippen LogP contribution in [0.2, 0.25) is 0 Å². The fraction of sp³-hybridized carbons (Fsp3) is 0.273. The number of aldehydes is 1. The third kappa shape index (κ3) is 3.97. The molecule has 0 spiro atoms. The van der Waals surface area contributed by atoms with Crippen LogP contribution in [0.1, 0.15) is 23.2 Å². The molecule has 0 radical (unpaired) electrons. The van der Waals surface area contributed by atoms with Gasteiger partial charge in [0.25, 0.3) is 5.91 Å². The molecule has 7 heteroatoms. The van der Waals surface area contributed by atoms with E-state index >= 15 is 0 Å². The molecule has 0 atom stereocenters. The summed E-state index contributed by atoms with van der Waals surface area (Å²) in [5, 5.41) is 8.17. The van der Waals surface area contributed by atoms with E-state index in [0.717, 1.165) is 16.4 Å². The Morgan fingerprint density at radius 2 is 1.93 bits per heavy atom. The lowest BCUT2D eigenvalue weighted by Crippen LogP contribution is -2.61. The minimum atomic E-state index is -0.445. The highest BCUT2D eigenvalue weighted by Gasteiger charge is 2.36. The van der Waals surface area contributed by atoms with E-state index in [1.807, 2.05) is 36.2 Å². The van der Waals surface area contributed by atoms with E-state index in [2.05, 4.69) is 23.8 Å². The lowest BCUT2D eigenvalue weighted by molar-refractivity contribution is -0.104. The Kier molecular flexibility index (Phi) is 6.20. The molecule has 0 aliphatic carbocycles. The first-order valence-corrected chi connectivity index (χ1v) is 10.3. The number of amides is 1. The van der Waals surface area contributed by atoms with Gasteiger partial charge in [0, 0.05) is 47.3 Å². The van der Waals surface area contributed by atoms with E-state index < -0.39 is 5.66 Å². The van der Waals surface area contributed by atoms with Gasteiger partial charge in [0.1, 0.15) is 0 Å². The van der Waals surface area contributed by atoms with Crippen molar-refractivity contribution in [3.8, 4) is 0 Å². The summed E-state index contributed by atoms with van der Waals surface area (Å²) in [5.74, 6) is -0.0381. The number of rotatable bonds is 7. The van der Waals surface area contributed by atoms with Gasteiger partial charge >= 0.3 is 0 Å². The second-order valence-corrected chi connectivity index (χ2v) is 8.07. The van der Waals surface area contributed by atoms with Crippen LogP contribution in [0.3, 0.4) is 0 Å². The average molecular weight is 411 g/mol. The summed E-state index contributed by atoms with van der Waals surface area (Å²) in [7, 11) is 1.87. The summed E-state index contributed by atoms with van der Waals surface area (Å²) in [6.07, 6.45) is 5.20. The Morgan fingerprint density at radius 1 is 1.24 bits per heavy atom. The molecule has 1 saturated heterocycles. The zero-order chi connectivity index (χ0) is 21.0. The van der Waals surface area contributed by atoms with Crippen molar-refractivity contribution in [2.75, 3.05) is 25.9 Å². The SMILES string of the molecule is C=C/C(C=O)=C(\C=C)NC1(NC)CCN(C(=O)c2c(N)sc3ccccc23)CC1. The van der Waals surface area contributed by atoms with Crippen LogP contribution in [-0.4, -0.2) is 42.9 Å². The van der Waals surface area contributed by atoms with Crippen molar-refractivity contribution >= 4 is 38.6 Å². The molecule has 2 heterocycles. The number of nitrogen functional groups attached to an aromatic ring is 1. The van der Waals surface area contributed by atoms with Crippen LogP contribution >= 0.6 is 11.3 Å². The molecule has 1 aromatic heterocycles. The largest absolute Gasteiger partial charge is 0.390 e. The lowest BCUT2D eigenvalue weighted by atomic mass is 9.95. The molecule has 0 saturated carbocycles. The van der Waals surface area contributed by atoms with Crippen molar-refractivity contribution in [1.29, 1.82) is 0 Å². The summed E-state index contributed by atoms with van der Waals surface area (Å²) in [5.41, 5.74) is 7.40. The van der Waals surface area contributed by atoms with E-state index in [4.69, 9.17) is 5.73 Å². The van der Waals surface area contributed by atoms with E-state index in [1.54, 1.807) is 6.08 Å². The Morgan fingerprint density at radius 3 is 2.52 bits per heavy atom. The number of carbonyl (C=O) groups excluding carboxylic acids is 2. The number of allylic oxidation sites excluding steroid dienone is 3. The summed E-state index contributed by atoms with van der Waals surface area (Å²) >= 11 is 1.44. The van der Waals surface area contributed by atoms with Gasteiger partial charge in [0.2, 0.25) is 0 Å². The molecule has 0 unspecified atom stereocenters. The first-order chi connectivity index (χ1) is 14.0. The van der Waals surface area contributed by atoms with Crippen LogP contribution in [-0.2, 0) is 4.79 Å². The van der Waals surface area contributed by atoms with E-state index in [0.29, 0.717) is 47.8 Å². The number of likely N-dealkylation sites (tertiary alicyclic amines) is 1. The van der Waals surface area contributed by atoms with Crippen LogP contribution in [0.15, 0.2) is 60.8 Å². The zero-order valence-corrected chi connectivity index (χ0v) is 17.3. The number of nitrogens with two attached hydrogens (primary N) is 1. The number of benzene rings is 1. The van der Waals surface area contributed by atoms with Crippen LogP contribution in [0.25, 0.3) is 10.1 Å². The molecule has 1 aliphatic rings. The smallest absolute Gasteiger partial charge is 0.257 e. The van der Waals surface area contributed by atoms with E-state index in [9.17, 15) is 9.59 Å². The van der Waals surface area contributed by atoms with E-state index in [-0.39, 0.29) is 5.91 Å². The maximum atomic E-state index is 13.2. The lowest BCUT2D eigenvalue weighted by Gasteiger charge is -2.43. The van der Waals surface area contributed by atoms with Crippen LogP contribution in [0.4, 0.5) is 5.00 Å². The summed E-state index contributed by atoms with van der Waals surface area (Å²) in [6, 6.07) is 7.79. The first-order valence-electron chi connectivity index (χ1n) is 9.46. The third-order valence-corrected chi connectivity index (χ3v) is 6.46. The Labute approximate surface area is 174 Å². The van der Waals surface area contributed by atoms with Gasteiger partial charge in [-0.15, -0.1) is 11.3 Å². The highest BCUT2D eigenvalue weighted by atomic mass is 32.1. The molecular weight excluding hydrogens is 384 g/mol. The van der Waals surface area contributed by atoms with Crippen molar-refractivity contribution in [2.45, 2.75) is 18.5 Å². The number of nitrogens with zero attached hydrogens (tertiary/aromatic N) is 1. The van der Waals surface area contributed by atoms with E-state index in [1.165, 1.54) is 17.4 Å². The zero-order valence-electron chi connectivity index (χ0n) is 16.5. The average Bonchev–Trinajstić information content (AvgIpc) is 3.09. The Bertz CT molecular complexity index is 974. The van der Waals surface area contributed by atoms with Gasteiger partial charge in [-0.05, 0) is 19.2 Å². The molecule has 1 amide bonds. The summed E-state index contributed by atoms with van der Waals surface area (Å²) < 4.78 is 1.02.